The number of rotatable bonds is 4. The lowest BCUT2D eigenvalue weighted by Gasteiger charge is -2.28. The maximum absolute atomic E-state index is 12.8. The average Bonchev–Trinajstić information content (AvgIpc) is 3.03. The molecular formula is C18H17ClN4O. The van der Waals surface area contributed by atoms with Crippen LogP contribution in [-0.2, 0) is 0 Å². The molecule has 1 unspecified atom stereocenters. The molecule has 0 aliphatic rings. The van der Waals surface area contributed by atoms with Crippen LogP contribution in [0.4, 0.5) is 0 Å². The minimum absolute atomic E-state index is 0.156. The Balaban J connectivity index is 2.01. The summed E-state index contributed by atoms with van der Waals surface area (Å²) < 4.78 is 0. The van der Waals surface area contributed by atoms with Crippen LogP contribution in [0.15, 0.2) is 54.9 Å². The standard InChI is InChI=1S/C18H17ClN4O/c1-12-11-16(22-21-12)18(24)23(2)17(14-7-9-20-10-8-14)13-3-5-15(19)6-4-13/h3-11,17H,1-2H3,(H,21,22). The Hall–Kier alpha value is -2.66. The zero-order valence-electron chi connectivity index (χ0n) is 13.4. The molecule has 0 fully saturated rings. The number of pyridine rings is 1. The molecule has 24 heavy (non-hydrogen) atoms. The van der Waals surface area contributed by atoms with Crippen LogP contribution in [0.3, 0.4) is 0 Å². The molecule has 0 bridgehead atoms. The van der Waals surface area contributed by atoms with Crippen molar-refractivity contribution >= 4 is 17.5 Å². The molecule has 0 saturated carbocycles. The molecular weight excluding hydrogens is 324 g/mol. The van der Waals surface area contributed by atoms with Crippen molar-refractivity contribution in [1.29, 1.82) is 0 Å². The van der Waals surface area contributed by atoms with Gasteiger partial charge in [-0.2, -0.15) is 5.10 Å². The third-order valence-corrected chi connectivity index (χ3v) is 4.09. The van der Waals surface area contributed by atoms with E-state index in [0.717, 1.165) is 16.8 Å². The van der Waals surface area contributed by atoms with E-state index in [9.17, 15) is 4.79 Å². The molecule has 2 aromatic heterocycles. The summed E-state index contributed by atoms with van der Waals surface area (Å²) in [6.45, 7) is 1.86. The largest absolute Gasteiger partial charge is 0.329 e. The fraction of sp³-hybridized carbons (Fsp3) is 0.167. The van der Waals surface area contributed by atoms with Gasteiger partial charge >= 0.3 is 0 Å². The van der Waals surface area contributed by atoms with Gasteiger partial charge in [0.2, 0.25) is 0 Å². The predicted octanol–water partition coefficient (Wildman–Crippen LogP) is 3.63. The molecule has 1 amide bonds. The molecule has 0 aliphatic heterocycles. The number of benzene rings is 1. The van der Waals surface area contributed by atoms with Crippen LogP contribution in [-0.4, -0.2) is 33.0 Å². The highest BCUT2D eigenvalue weighted by Crippen LogP contribution is 2.29. The molecule has 1 atom stereocenters. The molecule has 122 valence electrons. The van der Waals surface area contributed by atoms with Crippen molar-refractivity contribution < 1.29 is 4.79 Å². The molecule has 1 N–H and O–H groups in total. The highest BCUT2D eigenvalue weighted by atomic mass is 35.5. The third-order valence-electron chi connectivity index (χ3n) is 3.84. The first-order chi connectivity index (χ1) is 11.6. The number of hydrogen-bond donors (Lipinski definition) is 1. The Bertz CT molecular complexity index is 830. The number of H-pyrrole nitrogens is 1. The zero-order chi connectivity index (χ0) is 17.1. The van der Waals surface area contributed by atoms with Crippen LogP contribution in [0.1, 0.15) is 33.4 Å². The summed E-state index contributed by atoms with van der Waals surface area (Å²) in [4.78, 5) is 18.5. The topological polar surface area (TPSA) is 61.9 Å². The normalized spacial score (nSPS) is 12.0. The van der Waals surface area contributed by atoms with Gasteiger partial charge in [-0.15, -0.1) is 0 Å². The lowest BCUT2D eigenvalue weighted by atomic mass is 9.98. The Morgan fingerprint density at radius 3 is 2.33 bits per heavy atom. The van der Waals surface area contributed by atoms with Crippen molar-refractivity contribution in [2.45, 2.75) is 13.0 Å². The summed E-state index contributed by atoms with van der Waals surface area (Å²) in [6, 6.07) is 12.8. The second-order valence-electron chi connectivity index (χ2n) is 5.59. The summed E-state index contributed by atoms with van der Waals surface area (Å²) in [5, 5.41) is 7.53. The summed E-state index contributed by atoms with van der Waals surface area (Å²) >= 11 is 6.00. The zero-order valence-corrected chi connectivity index (χ0v) is 14.2. The van der Waals surface area contributed by atoms with Gasteiger partial charge in [0.25, 0.3) is 5.91 Å². The number of carbonyl (C=O) groups is 1. The van der Waals surface area contributed by atoms with Gasteiger partial charge in [-0.25, -0.2) is 0 Å². The van der Waals surface area contributed by atoms with E-state index < -0.39 is 0 Å². The summed E-state index contributed by atoms with van der Waals surface area (Å²) in [6.07, 6.45) is 3.44. The van der Waals surface area contributed by atoms with Gasteiger partial charge < -0.3 is 4.90 Å². The second kappa shape index (κ2) is 6.84. The smallest absolute Gasteiger partial charge is 0.274 e. The number of aryl methyl sites for hydroxylation is 1. The van der Waals surface area contributed by atoms with Gasteiger partial charge in [-0.1, -0.05) is 23.7 Å². The molecule has 0 spiro atoms. The minimum Gasteiger partial charge on any atom is -0.329 e. The number of amides is 1. The summed E-state index contributed by atoms with van der Waals surface area (Å²) in [5.74, 6) is -0.156. The van der Waals surface area contributed by atoms with E-state index in [1.807, 2.05) is 43.3 Å². The molecule has 6 heteroatoms. The maximum Gasteiger partial charge on any atom is 0.274 e. The van der Waals surface area contributed by atoms with Crippen molar-refractivity contribution in [3.05, 3.63) is 82.4 Å². The van der Waals surface area contributed by atoms with Crippen LogP contribution in [0.25, 0.3) is 0 Å². The van der Waals surface area contributed by atoms with Crippen molar-refractivity contribution in [2.24, 2.45) is 0 Å². The Morgan fingerprint density at radius 2 is 1.75 bits per heavy atom. The van der Waals surface area contributed by atoms with Crippen molar-refractivity contribution in [3.63, 3.8) is 0 Å². The Kier molecular flexibility index (Phi) is 4.62. The lowest BCUT2D eigenvalue weighted by molar-refractivity contribution is 0.0749. The van der Waals surface area contributed by atoms with Crippen molar-refractivity contribution in [2.75, 3.05) is 7.05 Å². The third kappa shape index (κ3) is 3.31. The van der Waals surface area contributed by atoms with Crippen LogP contribution >= 0.6 is 11.6 Å². The van der Waals surface area contributed by atoms with E-state index in [0.29, 0.717) is 10.7 Å². The second-order valence-corrected chi connectivity index (χ2v) is 6.02. The fourth-order valence-corrected chi connectivity index (χ4v) is 2.78. The summed E-state index contributed by atoms with van der Waals surface area (Å²) in [5.41, 5.74) is 3.17. The van der Waals surface area contributed by atoms with Crippen molar-refractivity contribution in [3.8, 4) is 0 Å². The lowest BCUT2D eigenvalue weighted by Crippen LogP contribution is -2.32. The highest BCUT2D eigenvalue weighted by Gasteiger charge is 2.25. The van der Waals surface area contributed by atoms with E-state index in [2.05, 4.69) is 15.2 Å². The van der Waals surface area contributed by atoms with Crippen molar-refractivity contribution in [1.82, 2.24) is 20.1 Å². The number of halogens is 1. The van der Waals surface area contributed by atoms with E-state index in [1.54, 1.807) is 30.4 Å². The Morgan fingerprint density at radius 1 is 1.12 bits per heavy atom. The van der Waals surface area contributed by atoms with E-state index in [1.165, 1.54) is 0 Å². The molecule has 5 nitrogen and oxygen atoms in total. The SMILES string of the molecule is Cc1cc(C(=O)N(C)C(c2ccncc2)c2ccc(Cl)cc2)n[nH]1. The number of nitrogens with zero attached hydrogens (tertiary/aromatic N) is 3. The van der Waals surface area contributed by atoms with Crippen LogP contribution in [0.5, 0.6) is 0 Å². The molecule has 2 heterocycles. The van der Waals surface area contributed by atoms with E-state index in [-0.39, 0.29) is 11.9 Å². The molecule has 0 saturated heterocycles. The van der Waals surface area contributed by atoms with Gasteiger partial charge in [-0.05, 0) is 48.4 Å². The van der Waals surface area contributed by atoms with Gasteiger partial charge in [0.1, 0.15) is 5.69 Å². The Labute approximate surface area is 145 Å². The average molecular weight is 341 g/mol. The first kappa shape index (κ1) is 16.2. The van der Waals surface area contributed by atoms with Gasteiger partial charge in [0.15, 0.2) is 0 Å². The van der Waals surface area contributed by atoms with E-state index >= 15 is 0 Å². The number of aromatic amines is 1. The predicted molar refractivity (Wildman–Crippen MR) is 93.0 cm³/mol. The maximum atomic E-state index is 12.8. The van der Waals surface area contributed by atoms with Gasteiger partial charge in [0.05, 0.1) is 6.04 Å². The fourth-order valence-electron chi connectivity index (χ4n) is 2.66. The van der Waals surface area contributed by atoms with Crippen LogP contribution in [0.2, 0.25) is 5.02 Å². The highest BCUT2D eigenvalue weighted by molar-refractivity contribution is 6.30. The van der Waals surface area contributed by atoms with Gasteiger partial charge in [-0.3, -0.25) is 14.9 Å². The first-order valence-electron chi connectivity index (χ1n) is 7.51. The van der Waals surface area contributed by atoms with Gasteiger partial charge in [0, 0.05) is 30.2 Å². The quantitative estimate of drug-likeness (QED) is 0.789. The van der Waals surface area contributed by atoms with Crippen LogP contribution < -0.4 is 0 Å². The molecule has 0 aliphatic carbocycles. The number of carbonyl (C=O) groups excluding carboxylic acids is 1. The first-order valence-corrected chi connectivity index (χ1v) is 7.88. The molecule has 3 aromatic rings. The summed E-state index contributed by atoms with van der Waals surface area (Å²) in [7, 11) is 1.77. The monoisotopic (exact) mass is 340 g/mol. The minimum atomic E-state index is -0.255. The molecule has 3 rings (SSSR count). The number of nitrogens with one attached hydrogen (secondary N) is 1. The number of aromatic nitrogens is 3. The molecule has 0 radical (unpaired) electrons. The van der Waals surface area contributed by atoms with Crippen LogP contribution in [0, 0.1) is 6.92 Å². The number of hydrogen-bond acceptors (Lipinski definition) is 3. The molecule has 1 aromatic carbocycles. The van der Waals surface area contributed by atoms with E-state index in [4.69, 9.17) is 11.6 Å².